The summed E-state index contributed by atoms with van der Waals surface area (Å²) in [4.78, 5) is 18.4. The molecule has 1 N–H and O–H groups in total. The van der Waals surface area contributed by atoms with Crippen LogP contribution in [0.2, 0.25) is 5.15 Å². The van der Waals surface area contributed by atoms with E-state index in [4.69, 9.17) is 21.1 Å². The second kappa shape index (κ2) is 7.10. The lowest BCUT2D eigenvalue weighted by atomic mass is 10.2. The molecule has 0 aliphatic carbocycles. The maximum Gasteiger partial charge on any atom is 0.348 e. The van der Waals surface area contributed by atoms with Gasteiger partial charge in [0.25, 0.3) is 0 Å². The number of nitro groups is 1. The van der Waals surface area contributed by atoms with Crippen LogP contribution in [0.5, 0.6) is 11.5 Å². The third kappa shape index (κ3) is 3.78. The number of methoxy groups -OCH3 is 2. The predicted octanol–water partition coefficient (Wildman–Crippen LogP) is 2.98. The lowest BCUT2D eigenvalue weighted by Gasteiger charge is -2.12. The summed E-state index contributed by atoms with van der Waals surface area (Å²) in [6.45, 7) is 1.87. The van der Waals surface area contributed by atoms with Crippen LogP contribution in [0, 0.1) is 17.0 Å². The molecule has 1 aromatic heterocycles. The predicted molar refractivity (Wildman–Crippen MR) is 85.3 cm³/mol. The summed E-state index contributed by atoms with van der Waals surface area (Å²) in [5.41, 5.74) is 0.430. The fourth-order valence-electron chi connectivity index (χ4n) is 1.99. The molecule has 0 fully saturated rings. The maximum absolute atomic E-state index is 11.1. The molecule has 0 atom stereocenters. The largest absolute Gasteiger partial charge is 0.497 e. The van der Waals surface area contributed by atoms with Crippen LogP contribution in [0.4, 0.5) is 11.5 Å². The minimum absolute atomic E-state index is 0.0605. The molecule has 122 valence electrons. The fourth-order valence-corrected chi connectivity index (χ4v) is 2.28. The van der Waals surface area contributed by atoms with Gasteiger partial charge in [-0.25, -0.2) is 9.97 Å². The highest BCUT2D eigenvalue weighted by Crippen LogP contribution is 2.31. The number of nitrogens with one attached hydrogen (secondary N) is 1. The van der Waals surface area contributed by atoms with Gasteiger partial charge in [0.2, 0.25) is 11.0 Å². The monoisotopic (exact) mass is 338 g/mol. The van der Waals surface area contributed by atoms with Crippen LogP contribution in [0.1, 0.15) is 11.4 Å². The topological polar surface area (TPSA) is 99.4 Å². The highest BCUT2D eigenvalue weighted by molar-refractivity contribution is 6.31. The van der Waals surface area contributed by atoms with E-state index in [0.29, 0.717) is 17.3 Å². The van der Waals surface area contributed by atoms with Crippen LogP contribution in [-0.2, 0) is 6.54 Å². The molecule has 23 heavy (non-hydrogen) atoms. The Morgan fingerprint density at radius 3 is 2.65 bits per heavy atom. The van der Waals surface area contributed by atoms with Crippen LogP contribution < -0.4 is 14.8 Å². The number of benzene rings is 1. The minimum atomic E-state index is -0.616. The highest BCUT2D eigenvalue weighted by Gasteiger charge is 2.22. The Morgan fingerprint density at radius 2 is 2.04 bits per heavy atom. The van der Waals surface area contributed by atoms with E-state index in [9.17, 15) is 10.1 Å². The summed E-state index contributed by atoms with van der Waals surface area (Å²) in [6.07, 6.45) is 0. The van der Waals surface area contributed by atoms with Gasteiger partial charge >= 0.3 is 5.69 Å². The molecular weight excluding hydrogens is 324 g/mol. The first kappa shape index (κ1) is 16.8. The standard InChI is InChI=1S/C14H15ClN4O4/c1-8-17-13(15)12(19(20)21)14(18-8)16-7-9-4-5-10(22-2)6-11(9)23-3/h4-6H,7H2,1-3H3,(H,16,17,18). The van der Waals surface area contributed by atoms with Gasteiger partial charge in [0, 0.05) is 18.2 Å². The Balaban J connectivity index is 2.29. The molecule has 0 saturated heterocycles. The molecule has 1 heterocycles. The van der Waals surface area contributed by atoms with E-state index in [2.05, 4.69) is 15.3 Å². The van der Waals surface area contributed by atoms with Gasteiger partial charge in [-0.3, -0.25) is 10.1 Å². The molecule has 0 aliphatic rings. The van der Waals surface area contributed by atoms with Crippen molar-refractivity contribution < 1.29 is 14.4 Å². The van der Waals surface area contributed by atoms with E-state index in [1.165, 1.54) is 7.11 Å². The van der Waals surface area contributed by atoms with E-state index in [1.54, 1.807) is 32.2 Å². The zero-order chi connectivity index (χ0) is 17.0. The molecule has 0 saturated carbocycles. The van der Waals surface area contributed by atoms with Gasteiger partial charge in [0.15, 0.2) is 0 Å². The second-order valence-electron chi connectivity index (χ2n) is 4.55. The van der Waals surface area contributed by atoms with Crippen LogP contribution in [0.25, 0.3) is 0 Å². The average molecular weight is 339 g/mol. The number of aryl methyl sites for hydroxylation is 1. The Morgan fingerprint density at radius 1 is 1.30 bits per heavy atom. The molecule has 2 aromatic rings. The summed E-state index contributed by atoms with van der Waals surface area (Å²) in [6, 6.07) is 5.29. The third-order valence-corrected chi connectivity index (χ3v) is 3.34. The zero-order valence-corrected chi connectivity index (χ0v) is 13.5. The van der Waals surface area contributed by atoms with Crippen molar-refractivity contribution in [1.29, 1.82) is 0 Å². The van der Waals surface area contributed by atoms with Crippen LogP contribution in [0.15, 0.2) is 18.2 Å². The lowest BCUT2D eigenvalue weighted by Crippen LogP contribution is -2.08. The van der Waals surface area contributed by atoms with Crippen molar-refractivity contribution in [3.8, 4) is 11.5 Å². The van der Waals surface area contributed by atoms with Gasteiger partial charge in [-0.1, -0.05) is 11.6 Å². The molecule has 9 heteroatoms. The molecule has 2 rings (SSSR count). The maximum atomic E-state index is 11.1. The fraction of sp³-hybridized carbons (Fsp3) is 0.286. The molecule has 1 aromatic carbocycles. The Bertz CT molecular complexity index is 739. The van der Waals surface area contributed by atoms with Crippen molar-refractivity contribution in [2.75, 3.05) is 19.5 Å². The van der Waals surface area contributed by atoms with Crippen LogP contribution >= 0.6 is 11.6 Å². The van der Waals surface area contributed by atoms with E-state index in [-0.39, 0.29) is 23.2 Å². The first-order valence-electron chi connectivity index (χ1n) is 6.59. The molecule has 8 nitrogen and oxygen atoms in total. The van der Waals surface area contributed by atoms with Crippen molar-refractivity contribution in [3.05, 3.63) is 44.9 Å². The summed E-state index contributed by atoms with van der Waals surface area (Å²) >= 11 is 5.84. The average Bonchev–Trinajstić information content (AvgIpc) is 2.51. The highest BCUT2D eigenvalue weighted by atomic mass is 35.5. The first-order valence-corrected chi connectivity index (χ1v) is 6.97. The molecule has 0 amide bonds. The van der Waals surface area contributed by atoms with Crippen LogP contribution in [-0.4, -0.2) is 29.1 Å². The van der Waals surface area contributed by atoms with Gasteiger partial charge in [0.05, 0.1) is 19.1 Å². The van der Waals surface area contributed by atoms with Crippen molar-refractivity contribution >= 4 is 23.1 Å². The lowest BCUT2D eigenvalue weighted by molar-refractivity contribution is -0.384. The normalized spacial score (nSPS) is 10.3. The van der Waals surface area contributed by atoms with Crippen LogP contribution in [0.3, 0.4) is 0 Å². The quantitative estimate of drug-likeness (QED) is 0.491. The van der Waals surface area contributed by atoms with Gasteiger partial charge in [-0.2, -0.15) is 0 Å². The molecular formula is C14H15ClN4O4. The van der Waals surface area contributed by atoms with E-state index < -0.39 is 4.92 Å². The number of halogens is 1. The summed E-state index contributed by atoms with van der Waals surface area (Å²) < 4.78 is 10.4. The second-order valence-corrected chi connectivity index (χ2v) is 4.91. The molecule has 0 bridgehead atoms. The van der Waals surface area contributed by atoms with Crippen molar-refractivity contribution in [1.82, 2.24) is 9.97 Å². The van der Waals surface area contributed by atoms with Gasteiger partial charge in [-0.05, 0) is 19.1 Å². The van der Waals surface area contributed by atoms with E-state index >= 15 is 0 Å². The number of ether oxygens (including phenoxy) is 2. The number of hydrogen-bond acceptors (Lipinski definition) is 7. The third-order valence-electron chi connectivity index (χ3n) is 3.08. The van der Waals surface area contributed by atoms with Crippen molar-refractivity contribution in [3.63, 3.8) is 0 Å². The first-order chi connectivity index (χ1) is 11.0. The molecule has 0 radical (unpaired) electrons. The van der Waals surface area contributed by atoms with E-state index in [1.807, 2.05) is 0 Å². The molecule has 0 aliphatic heterocycles. The number of nitrogens with zero attached hydrogens (tertiary/aromatic N) is 3. The minimum Gasteiger partial charge on any atom is -0.497 e. The van der Waals surface area contributed by atoms with Gasteiger partial charge in [-0.15, -0.1) is 0 Å². The SMILES string of the molecule is COc1ccc(CNc2nc(C)nc(Cl)c2[N+](=O)[O-])c(OC)c1. The van der Waals surface area contributed by atoms with E-state index in [0.717, 1.165) is 5.56 Å². The zero-order valence-electron chi connectivity index (χ0n) is 12.8. The number of aromatic nitrogens is 2. The smallest absolute Gasteiger partial charge is 0.348 e. The summed E-state index contributed by atoms with van der Waals surface area (Å²) in [7, 11) is 3.09. The van der Waals surface area contributed by atoms with Crippen molar-refractivity contribution in [2.24, 2.45) is 0 Å². The summed E-state index contributed by atoms with van der Waals surface area (Å²) in [5.74, 6) is 1.64. The Kier molecular flexibility index (Phi) is 5.17. The molecule has 0 unspecified atom stereocenters. The summed E-state index contributed by atoms with van der Waals surface area (Å²) in [5, 5.41) is 13.8. The number of hydrogen-bond donors (Lipinski definition) is 1. The Hall–Kier alpha value is -2.61. The van der Waals surface area contributed by atoms with Gasteiger partial charge < -0.3 is 14.8 Å². The number of anilines is 1. The Labute approximate surface area is 137 Å². The van der Waals surface area contributed by atoms with Crippen molar-refractivity contribution in [2.45, 2.75) is 13.5 Å². The number of rotatable bonds is 6. The molecule has 0 spiro atoms. The van der Waals surface area contributed by atoms with Gasteiger partial charge in [0.1, 0.15) is 17.3 Å².